The zero-order valence-electron chi connectivity index (χ0n) is 15.4. The van der Waals surface area contributed by atoms with Gasteiger partial charge in [-0.05, 0) is 40.1 Å². The minimum Gasteiger partial charge on any atom is -0.350 e. The molecular formula is C18H20BrFN6O. The molecule has 1 aliphatic heterocycles. The van der Waals surface area contributed by atoms with Crippen LogP contribution in [0.1, 0.15) is 32.6 Å². The number of halogens is 2. The Balaban J connectivity index is 1.61. The number of nitrogens with zero attached hydrogens (tertiary/aromatic N) is 6. The smallest absolute Gasteiger partial charge is 0.266 e. The molecule has 2 aromatic heterocycles. The molecule has 0 spiro atoms. The van der Waals surface area contributed by atoms with E-state index in [4.69, 9.17) is 4.52 Å². The van der Waals surface area contributed by atoms with Crippen LogP contribution >= 0.6 is 15.9 Å². The molecule has 0 bridgehead atoms. The Kier molecular flexibility index (Phi) is 4.71. The summed E-state index contributed by atoms with van der Waals surface area (Å²) in [6.07, 6.45) is 1.52. The SMILES string of the molecule is CC(C)c1nc(N2CCN(c3ncnc4c(Br)cc(F)cc34)[C@@H](C)C2)no1. The summed E-state index contributed by atoms with van der Waals surface area (Å²) in [4.78, 5) is 17.5. The topological polar surface area (TPSA) is 71.2 Å². The first-order valence-electron chi connectivity index (χ1n) is 8.89. The zero-order chi connectivity index (χ0) is 19.1. The third-order valence-corrected chi connectivity index (χ3v) is 5.35. The molecule has 4 rings (SSSR count). The van der Waals surface area contributed by atoms with E-state index in [1.165, 1.54) is 18.5 Å². The maximum absolute atomic E-state index is 14.0. The number of fused-ring (bicyclic) bond motifs is 1. The highest BCUT2D eigenvalue weighted by molar-refractivity contribution is 9.10. The quantitative estimate of drug-likeness (QED) is 0.621. The Morgan fingerprint density at radius 2 is 2.07 bits per heavy atom. The summed E-state index contributed by atoms with van der Waals surface area (Å²) in [5.41, 5.74) is 0.704. The Hall–Kier alpha value is -2.29. The number of hydrogen-bond donors (Lipinski definition) is 0. The van der Waals surface area contributed by atoms with E-state index in [9.17, 15) is 4.39 Å². The van der Waals surface area contributed by atoms with Crippen LogP contribution < -0.4 is 9.80 Å². The van der Waals surface area contributed by atoms with Crippen molar-refractivity contribution in [1.82, 2.24) is 20.1 Å². The largest absolute Gasteiger partial charge is 0.350 e. The summed E-state index contributed by atoms with van der Waals surface area (Å²) in [7, 11) is 0. The third-order valence-electron chi connectivity index (χ3n) is 4.74. The van der Waals surface area contributed by atoms with Crippen molar-refractivity contribution in [3.05, 3.63) is 34.6 Å². The Morgan fingerprint density at radius 1 is 1.26 bits per heavy atom. The predicted molar refractivity (Wildman–Crippen MR) is 105 cm³/mol. The lowest BCUT2D eigenvalue weighted by Gasteiger charge is -2.40. The second-order valence-electron chi connectivity index (χ2n) is 7.06. The normalized spacial score (nSPS) is 17.9. The molecule has 0 amide bonds. The van der Waals surface area contributed by atoms with Crippen molar-refractivity contribution < 1.29 is 8.91 Å². The molecule has 0 N–H and O–H groups in total. The molecule has 0 aliphatic carbocycles. The first kappa shape index (κ1) is 18.1. The molecular weight excluding hydrogens is 415 g/mol. The van der Waals surface area contributed by atoms with Gasteiger partial charge in [-0.15, -0.1) is 0 Å². The van der Waals surface area contributed by atoms with E-state index in [1.54, 1.807) is 0 Å². The lowest BCUT2D eigenvalue weighted by molar-refractivity contribution is 0.363. The Labute approximate surface area is 164 Å². The van der Waals surface area contributed by atoms with Crippen LogP contribution in [0.3, 0.4) is 0 Å². The van der Waals surface area contributed by atoms with Gasteiger partial charge in [-0.2, -0.15) is 4.98 Å². The fourth-order valence-corrected chi connectivity index (χ4v) is 3.89. The zero-order valence-corrected chi connectivity index (χ0v) is 16.9. The highest BCUT2D eigenvalue weighted by Gasteiger charge is 2.29. The second-order valence-corrected chi connectivity index (χ2v) is 7.91. The van der Waals surface area contributed by atoms with Gasteiger partial charge in [-0.25, -0.2) is 14.4 Å². The third kappa shape index (κ3) is 3.36. The Bertz CT molecular complexity index is 978. The van der Waals surface area contributed by atoms with E-state index in [-0.39, 0.29) is 17.8 Å². The number of hydrogen-bond acceptors (Lipinski definition) is 7. The molecule has 27 heavy (non-hydrogen) atoms. The van der Waals surface area contributed by atoms with Gasteiger partial charge in [0.15, 0.2) is 0 Å². The summed E-state index contributed by atoms with van der Waals surface area (Å²) in [6.45, 7) is 8.32. The average Bonchev–Trinajstić information content (AvgIpc) is 3.12. The van der Waals surface area contributed by atoms with Crippen LogP contribution in [0.15, 0.2) is 27.5 Å². The van der Waals surface area contributed by atoms with Crippen LogP contribution in [0.25, 0.3) is 10.9 Å². The predicted octanol–water partition coefficient (Wildman–Crippen LogP) is 3.75. The van der Waals surface area contributed by atoms with E-state index in [0.717, 1.165) is 18.9 Å². The fraction of sp³-hybridized carbons (Fsp3) is 0.444. The van der Waals surface area contributed by atoms with Gasteiger partial charge in [0.05, 0.1) is 5.52 Å². The van der Waals surface area contributed by atoms with Crippen LogP contribution in [-0.4, -0.2) is 45.8 Å². The lowest BCUT2D eigenvalue weighted by atomic mass is 10.1. The van der Waals surface area contributed by atoms with Gasteiger partial charge >= 0.3 is 0 Å². The van der Waals surface area contributed by atoms with Gasteiger partial charge in [0, 0.05) is 41.5 Å². The van der Waals surface area contributed by atoms with E-state index in [2.05, 4.69) is 52.8 Å². The first-order valence-corrected chi connectivity index (χ1v) is 9.68. The van der Waals surface area contributed by atoms with Crippen molar-refractivity contribution in [2.45, 2.75) is 32.7 Å². The molecule has 1 atom stereocenters. The molecule has 1 aliphatic rings. The molecule has 9 heteroatoms. The number of piperazine rings is 1. The summed E-state index contributed by atoms with van der Waals surface area (Å²) in [5, 5.41) is 4.81. The number of rotatable bonds is 3. The van der Waals surface area contributed by atoms with Gasteiger partial charge in [0.25, 0.3) is 5.95 Å². The molecule has 3 heterocycles. The molecule has 1 saturated heterocycles. The summed E-state index contributed by atoms with van der Waals surface area (Å²) in [6, 6.07) is 3.05. The summed E-state index contributed by atoms with van der Waals surface area (Å²) < 4.78 is 19.9. The van der Waals surface area contributed by atoms with Crippen molar-refractivity contribution in [3.8, 4) is 0 Å². The van der Waals surface area contributed by atoms with E-state index >= 15 is 0 Å². The molecule has 1 aromatic carbocycles. The van der Waals surface area contributed by atoms with Gasteiger partial charge < -0.3 is 14.3 Å². The van der Waals surface area contributed by atoms with Crippen LogP contribution in [0.4, 0.5) is 16.2 Å². The average molecular weight is 435 g/mol. The maximum atomic E-state index is 14.0. The van der Waals surface area contributed by atoms with Crippen molar-refractivity contribution in [3.63, 3.8) is 0 Å². The van der Waals surface area contributed by atoms with Gasteiger partial charge in [-0.1, -0.05) is 13.8 Å². The fourth-order valence-electron chi connectivity index (χ4n) is 3.35. The first-order chi connectivity index (χ1) is 12.9. The van der Waals surface area contributed by atoms with Gasteiger partial charge in [0.1, 0.15) is 18.0 Å². The van der Waals surface area contributed by atoms with Gasteiger partial charge in [0.2, 0.25) is 5.89 Å². The standard InChI is InChI=1S/C18H20BrFN6O/c1-10(2)17-23-18(24-27-17)25-4-5-26(11(3)8-25)16-13-6-12(20)7-14(19)15(13)21-9-22-16/h6-7,9-11H,4-5,8H2,1-3H3/t11-/m0/s1. The van der Waals surface area contributed by atoms with Crippen LogP contribution in [0.2, 0.25) is 0 Å². The van der Waals surface area contributed by atoms with E-state index in [1.807, 2.05) is 13.8 Å². The highest BCUT2D eigenvalue weighted by atomic mass is 79.9. The molecule has 0 unspecified atom stereocenters. The van der Waals surface area contributed by atoms with Crippen molar-refractivity contribution in [2.75, 3.05) is 29.4 Å². The van der Waals surface area contributed by atoms with E-state index in [0.29, 0.717) is 33.8 Å². The molecule has 142 valence electrons. The molecule has 7 nitrogen and oxygen atoms in total. The van der Waals surface area contributed by atoms with Crippen molar-refractivity contribution in [2.24, 2.45) is 0 Å². The maximum Gasteiger partial charge on any atom is 0.266 e. The number of anilines is 2. The number of aromatic nitrogens is 4. The number of benzene rings is 1. The second kappa shape index (κ2) is 7.03. The minimum atomic E-state index is -0.315. The molecule has 1 fully saturated rings. The highest BCUT2D eigenvalue weighted by Crippen LogP contribution is 2.31. The van der Waals surface area contributed by atoms with Gasteiger partial charge in [-0.3, -0.25) is 0 Å². The van der Waals surface area contributed by atoms with Crippen LogP contribution in [-0.2, 0) is 0 Å². The molecule has 3 aromatic rings. The summed E-state index contributed by atoms with van der Waals surface area (Å²) >= 11 is 3.39. The minimum absolute atomic E-state index is 0.139. The van der Waals surface area contributed by atoms with Crippen LogP contribution in [0.5, 0.6) is 0 Å². The van der Waals surface area contributed by atoms with Crippen LogP contribution in [0, 0.1) is 5.82 Å². The monoisotopic (exact) mass is 434 g/mol. The van der Waals surface area contributed by atoms with E-state index < -0.39 is 0 Å². The lowest BCUT2D eigenvalue weighted by Crippen LogP contribution is -2.52. The Morgan fingerprint density at radius 3 is 2.78 bits per heavy atom. The van der Waals surface area contributed by atoms with Crippen molar-refractivity contribution >= 4 is 38.6 Å². The summed E-state index contributed by atoms with van der Waals surface area (Å²) in [5.74, 6) is 1.88. The molecule has 0 saturated carbocycles. The van der Waals surface area contributed by atoms with Crippen molar-refractivity contribution in [1.29, 1.82) is 0 Å². The molecule has 0 radical (unpaired) electrons.